The molecule has 0 spiro atoms. The van der Waals surface area contributed by atoms with Crippen molar-refractivity contribution >= 4 is 17.5 Å². The van der Waals surface area contributed by atoms with E-state index in [0.717, 1.165) is 0 Å². The first-order valence-electron chi connectivity index (χ1n) is 5.40. The summed E-state index contributed by atoms with van der Waals surface area (Å²) in [6.07, 6.45) is 0.0292. The minimum Gasteiger partial charge on any atom is -0.489 e. The van der Waals surface area contributed by atoms with Crippen molar-refractivity contribution in [3.8, 4) is 5.75 Å². The van der Waals surface area contributed by atoms with E-state index in [1.165, 1.54) is 0 Å². The van der Waals surface area contributed by atoms with E-state index in [1.54, 1.807) is 18.2 Å². The zero-order chi connectivity index (χ0) is 12.8. The summed E-state index contributed by atoms with van der Waals surface area (Å²) in [5, 5.41) is 11.5. The van der Waals surface area contributed by atoms with Gasteiger partial charge in [-0.25, -0.2) is 0 Å². The molecular formula is C12H16ClNO3. The SMILES string of the molecule is CC(C)Oc1ccc(C(=O)NCCO)cc1Cl. The van der Waals surface area contributed by atoms with Crippen molar-refractivity contribution in [3.05, 3.63) is 28.8 Å². The number of hydrogen-bond acceptors (Lipinski definition) is 3. The van der Waals surface area contributed by atoms with Crippen LogP contribution in [0.2, 0.25) is 5.02 Å². The number of ether oxygens (including phenoxy) is 1. The van der Waals surface area contributed by atoms with Gasteiger partial charge in [-0.05, 0) is 32.0 Å². The number of aliphatic hydroxyl groups excluding tert-OH is 1. The normalized spacial score (nSPS) is 10.4. The highest BCUT2D eigenvalue weighted by atomic mass is 35.5. The molecule has 17 heavy (non-hydrogen) atoms. The van der Waals surface area contributed by atoms with Crippen LogP contribution >= 0.6 is 11.6 Å². The number of benzene rings is 1. The molecule has 1 rings (SSSR count). The first kappa shape index (κ1) is 13.8. The highest BCUT2D eigenvalue weighted by molar-refractivity contribution is 6.32. The fraction of sp³-hybridized carbons (Fsp3) is 0.417. The lowest BCUT2D eigenvalue weighted by Crippen LogP contribution is -2.26. The lowest BCUT2D eigenvalue weighted by atomic mass is 10.2. The third kappa shape index (κ3) is 4.24. The molecule has 0 aliphatic carbocycles. The standard InChI is InChI=1S/C12H16ClNO3/c1-8(2)17-11-4-3-9(7-10(11)13)12(16)14-5-6-15/h3-4,7-8,15H,5-6H2,1-2H3,(H,14,16). The summed E-state index contributed by atoms with van der Waals surface area (Å²) in [5.74, 6) is 0.289. The predicted molar refractivity (Wildman–Crippen MR) is 66.6 cm³/mol. The molecule has 0 fully saturated rings. The number of halogens is 1. The Hall–Kier alpha value is -1.26. The monoisotopic (exact) mass is 257 g/mol. The molecule has 0 heterocycles. The number of amides is 1. The molecule has 94 valence electrons. The Labute approximate surface area is 106 Å². The zero-order valence-electron chi connectivity index (χ0n) is 9.87. The third-order valence-corrected chi connectivity index (χ3v) is 2.25. The van der Waals surface area contributed by atoms with Gasteiger partial charge < -0.3 is 15.2 Å². The predicted octanol–water partition coefficient (Wildman–Crippen LogP) is 1.85. The van der Waals surface area contributed by atoms with Crippen LogP contribution in [0.5, 0.6) is 5.75 Å². The average molecular weight is 258 g/mol. The molecule has 0 saturated heterocycles. The minimum atomic E-state index is -0.267. The van der Waals surface area contributed by atoms with Crippen molar-refractivity contribution in [2.75, 3.05) is 13.2 Å². The summed E-state index contributed by atoms with van der Waals surface area (Å²) in [6, 6.07) is 4.85. The maximum atomic E-state index is 11.6. The maximum absolute atomic E-state index is 11.6. The first-order valence-corrected chi connectivity index (χ1v) is 5.77. The van der Waals surface area contributed by atoms with Crippen LogP contribution < -0.4 is 10.1 Å². The molecule has 0 atom stereocenters. The average Bonchev–Trinajstić information content (AvgIpc) is 2.28. The minimum absolute atomic E-state index is 0.0292. The molecule has 0 unspecified atom stereocenters. The van der Waals surface area contributed by atoms with Crippen LogP contribution in [-0.4, -0.2) is 30.3 Å². The van der Waals surface area contributed by atoms with Gasteiger partial charge in [-0.1, -0.05) is 11.6 Å². The molecule has 1 aromatic rings. The van der Waals surface area contributed by atoms with Gasteiger partial charge in [0, 0.05) is 12.1 Å². The number of carbonyl (C=O) groups is 1. The van der Waals surface area contributed by atoms with Crippen LogP contribution in [0, 0.1) is 0 Å². The van der Waals surface area contributed by atoms with E-state index >= 15 is 0 Å². The Balaban J connectivity index is 2.77. The quantitative estimate of drug-likeness (QED) is 0.846. The lowest BCUT2D eigenvalue weighted by molar-refractivity contribution is 0.0944. The Kier molecular flexibility index (Phi) is 5.25. The van der Waals surface area contributed by atoms with Gasteiger partial charge in [-0.3, -0.25) is 4.79 Å². The molecule has 5 heteroatoms. The first-order chi connectivity index (χ1) is 8.04. The summed E-state index contributed by atoms with van der Waals surface area (Å²) >= 11 is 6.00. The number of rotatable bonds is 5. The summed E-state index contributed by atoms with van der Waals surface area (Å²) < 4.78 is 5.46. The summed E-state index contributed by atoms with van der Waals surface area (Å²) in [7, 11) is 0. The van der Waals surface area contributed by atoms with Crippen LogP contribution in [0.4, 0.5) is 0 Å². The Morgan fingerprint density at radius 1 is 1.53 bits per heavy atom. The molecule has 0 saturated carbocycles. The van der Waals surface area contributed by atoms with Gasteiger partial charge in [0.1, 0.15) is 5.75 Å². The van der Waals surface area contributed by atoms with E-state index in [-0.39, 0.29) is 25.2 Å². The Morgan fingerprint density at radius 3 is 2.76 bits per heavy atom. The molecule has 1 amide bonds. The maximum Gasteiger partial charge on any atom is 0.251 e. The second kappa shape index (κ2) is 6.47. The van der Waals surface area contributed by atoms with E-state index in [0.29, 0.717) is 16.3 Å². The van der Waals surface area contributed by atoms with Gasteiger partial charge in [0.05, 0.1) is 17.7 Å². The van der Waals surface area contributed by atoms with Crippen LogP contribution in [0.25, 0.3) is 0 Å². The molecule has 2 N–H and O–H groups in total. The van der Waals surface area contributed by atoms with Gasteiger partial charge >= 0.3 is 0 Å². The topological polar surface area (TPSA) is 58.6 Å². The van der Waals surface area contributed by atoms with Crippen molar-refractivity contribution in [2.45, 2.75) is 20.0 Å². The van der Waals surface area contributed by atoms with Gasteiger partial charge in [0.2, 0.25) is 0 Å². The molecule has 1 aromatic carbocycles. The van der Waals surface area contributed by atoms with E-state index in [9.17, 15) is 4.79 Å². The molecule has 0 bridgehead atoms. The van der Waals surface area contributed by atoms with Crippen molar-refractivity contribution in [3.63, 3.8) is 0 Å². The molecular weight excluding hydrogens is 242 g/mol. The fourth-order valence-electron chi connectivity index (χ4n) is 1.26. The highest BCUT2D eigenvalue weighted by Gasteiger charge is 2.09. The Morgan fingerprint density at radius 2 is 2.24 bits per heavy atom. The molecule has 0 radical (unpaired) electrons. The third-order valence-electron chi connectivity index (χ3n) is 1.95. The van der Waals surface area contributed by atoms with Crippen molar-refractivity contribution < 1.29 is 14.6 Å². The Bertz CT molecular complexity index is 393. The van der Waals surface area contributed by atoms with Crippen molar-refractivity contribution in [2.24, 2.45) is 0 Å². The van der Waals surface area contributed by atoms with Gasteiger partial charge in [-0.2, -0.15) is 0 Å². The summed E-state index contributed by atoms with van der Waals surface area (Å²) in [5.41, 5.74) is 0.444. The van der Waals surface area contributed by atoms with Crippen molar-refractivity contribution in [1.82, 2.24) is 5.32 Å². The largest absolute Gasteiger partial charge is 0.489 e. The van der Waals surface area contributed by atoms with E-state index in [4.69, 9.17) is 21.4 Å². The van der Waals surface area contributed by atoms with Gasteiger partial charge in [0.25, 0.3) is 5.91 Å². The number of hydrogen-bond donors (Lipinski definition) is 2. The van der Waals surface area contributed by atoms with Crippen LogP contribution in [-0.2, 0) is 0 Å². The molecule has 0 aromatic heterocycles. The summed E-state index contributed by atoms with van der Waals surface area (Å²) in [4.78, 5) is 11.6. The molecule has 0 aliphatic heterocycles. The van der Waals surface area contributed by atoms with Crippen LogP contribution in [0.1, 0.15) is 24.2 Å². The zero-order valence-corrected chi connectivity index (χ0v) is 10.6. The number of aliphatic hydroxyl groups is 1. The summed E-state index contributed by atoms with van der Waals surface area (Å²) in [6.45, 7) is 3.94. The van der Waals surface area contributed by atoms with E-state index in [1.807, 2.05) is 13.8 Å². The van der Waals surface area contributed by atoms with Gasteiger partial charge in [-0.15, -0.1) is 0 Å². The lowest BCUT2D eigenvalue weighted by Gasteiger charge is -2.12. The smallest absolute Gasteiger partial charge is 0.251 e. The van der Waals surface area contributed by atoms with Crippen LogP contribution in [0.15, 0.2) is 18.2 Å². The van der Waals surface area contributed by atoms with Crippen molar-refractivity contribution in [1.29, 1.82) is 0 Å². The van der Waals surface area contributed by atoms with Crippen LogP contribution in [0.3, 0.4) is 0 Å². The molecule has 0 aliphatic rings. The highest BCUT2D eigenvalue weighted by Crippen LogP contribution is 2.26. The number of nitrogens with one attached hydrogen (secondary N) is 1. The van der Waals surface area contributed by atoms with E-state index < -0.39 is 0 Å². The second-order valence-corrected chi connectivity index (χ2v) is 4.20. The van der Waals surface area contributed by atoms with Gasteiger partial charge in [0.15, 0.2) is 0 Å². The fourth-order valence-corrected chi connectivity index (χ4v) is 1.49. The number of carbonyl (C=O) groups excluding carboxylic acids is 1. The second-order valence-electron chi connectivity index (χ2n) is 3.79. The molecule has 4 nitrogen and oxygen atoms in total. The van der Waals surface area contributed by atoms with E-state index in [2.05, 4.69) is 5.32 Å².